The summed E-state index contributed by atoms with van der Waals surface area (Å²) in [6.45, 7) is 4.15. The minimum absolute atomic E-state index is 0.00594. The molecule has 0 bridgehead atoms. The predicted molar refractivity (Wildman–Crippen MR) is 127 cm³/mol. The maximum Gasteiger partial charge on any atom is 0.222 e. The number of benzene rings is 2. The third-order valence-corrected chi connectivity index (χ3v) is 5.92. The Morgan fingerprint density at radius 2 is 1.90 bits per heavy atom. The molecule has 2 aromatic carbocycles. The van der Waals surface area contributed by atoms with Gasteiger partial charge in [0.15, 0.2) is 0 Å². The van der Waals surface area contributed by atoms with Gasteiger partial charge in [0.25, 0.3) is 0 Å². The number of rotatable bonds is 3. The van der Waals surface area contributed by atoms with Crippen LogP contribution in [0.25, 0.3) is 5.57 Å². The molecule has 1 fully saturated rings. The quantitative estimate of drug-likeness (QED) is 0.785. The zero-order valence-corrected chi connectivity index (χ0v) is 17.4. The number of hydrogen-bond donors (Lipinski definition) is 2. The molecule has 0 amide bonds. The number of hydrogen-bond acceptors (Lipinski definition) is 5. The highest BCUT2D eigenvalue weighted by Gasteiger charge is 2.28. The Kier molecular flexibility index (Phi) is 5.39. The second-order valence-corrected chi connectivity index (χ2v) is 8.12. The van der Waals surface area contributed by atoms with Crippen LogP contribution in [0.1, 0.15) is 5.56 Å². The second-order valence-electron chi connectivity index (χ2n) is 7.68. The largest absolute Gasteiger partial charge is 0.369 e. The van der Waals surface area contributed by atoms with Gasteiger partial charge in [0.2, 0.25) is 5.96 Å². The van der Waals surface area contributed by atoms with Crippen LogP contribution in [0.15, 0.2) is 76.7 Å². The fourth-order valence-corrected chi connectivity index (χ4v) is 4.30. The van der Waals surface area contributed by atoms with Crippen molar-refractivity contribution in [2.24, 2.45) is 15.9 Å². The van der Waals surface area contributed by atoms with E-state index in [0.29, 0.717) is 5.96 Å². The average Bonchev–Trinajstić information content (AvgIpc) is 2.80. The van der Waals surface area contributed by atoms with E-state index in [4.69, 9.17) is 16.6 Å². The van der Waals surface area contributed by atoms with Crippen LogP contribution in [0.3, 0.4) is 0 Å². The van der Waals surface area contributed by atoms with Crippen LogP contribution in [0.2, 0.25) is 5.02 Å². The number of nitrogens with one attached hydrogen (secondary N) is 2. The third kappa shape index (κ3) is 4.04. The highest BCUT2D eigenvalue weighted by Crippen LogP contribution is 2.32. The Bertz CT molecular complexity index is 1030. The van der Waals surface area contributed by atoms with E-state index in [1.54, 1.807) is 0 Å². The molecule has 2 aromatic rings. The molecule has 2 atom stereocenters. The molecule has 0 radical (unpaired) electrons. The molecular weight excluding hydrogens is 394 g/mol. The maximum atomic E-state index is 6.22. The zero-order chi connectivity index (χ0) is 20.3. The van der Waals surface area contributed by atoms with Gasteiger partial charge >= 0.3 is 0 Å². The molecule has 0 aromatic heterocycles. The monoisotopic (exact) mass is 417 g/mol. The Labute approximate surface area is 181 Å². The van der Waals surface area contributed by atoms with Crippen LogP contribution in [0.4, 0.5) is 11.4 Å². The molecule has 2 aliphatic heterocycles. The summed E-state index contributed by atoms with van der Waals surface area (Å²) in [5.41, 5.74) is 4.49. The topological polar surface area (TPSA) is 52.0 Å². The van der Waals surface area contributed by atoms with Gasteiger partial charge < -0.3 is 15.5 Å². The summed E-state index contributed by atoms with van der Waals surface area (Å²) >= 11 is 6.22. The summed E-state index contributed by atoms with van der Waals surface area (Å²) < 4.78 is 0. The van der Waals surface area contributed by atoms with E-state index in [-0.39, 0.29) is 12.0 Å². The van der Waals surface area contributed by atoms with Gasteiger partial charge in [-0.1, -0.05) is 42.0 Å². The van der Waals surface area contributed by atoms with Crippen molar-refractivity contribution in [2.75, 3.05) is 36.4 Å². The number of fused-ring (bicyclic) bond motifs is 1. The lowest BCUT2D eigenvalue weighted by Crippen LogP contribution is -2.43. The van der Waals surface area contributed by atoms with Gasteiger partial charge in [-0.15, -0.1) is 0 Å². The average molecular weight is 418 g/mol. The molecule has 6 heteroatoms. The van der Waals surface area contributed by atoms with Crippen LogP contribution >= 0.6 is 11.6 Å². The van der Waals surface area contributed by atoms with Crippen LogP contribution in [0, 0.1) is 5.92 Å². The van der Waals surface area contributed by atoms with E-state index in [9.17, 15) is 0 Å². The predicted octanol–water partition coefficient (Wildman–Crippen LogP) is 4.24. The third-order valence-electron chi connectivity index (χ3n) is 5.69. The normalized spacial score (nSPS) is 22.9. The minimum Gasteiger partial charge on any atom is -0.369 e. The van der Waals surface area contributed by atoms with Crippen LogP contribution in [0.5, 0.6) is 0 Å². The molecule has 5 nitrogen and oxygen atoms in total. The Balaban J connectivity index is 1.34. The first-order valence-electron chi connectivity index (χ1n) is 10.4. The minimum atomic E-state index is -0.00594. The van der Waals surface area contributed by atoms with E-state index in [0.717, 1.165) is 48.0 Å². The molecule has 1 saturated heterocycles. The summed E-state index contributed by atoms with van der Waals surface area (Å²) in [4.78, 5) is 11.9. The number of aliphatic imine (C=N–C) groups is 2. The zero-order valence-electron chi connectivity index (χ0n) is 16.6. The number of piperazine rings is 1. The van der Waals surface area contributed by atoms with Crippen molar-refractivity contribution in [1.29, 1.82) is 0 Å². The molecule has 2 N–H and O–H groups in total. The molecule has 2 heterocycles. The van der Waals surface area contributed by atoms with E-state index < -0.39 is 0 Å². The molecule has 5 rings (SSSR count). The van der Waals surface area contributed by atoms with Crippen molar-refractivity contribution in [3.8, 4) is 0 Å². The summed E-state index contributed by atoms with van der Waals surface area (Å²) in [6, 6.07) is 16.4. The number of nitrogens with zero attached hydrogens (tertiary/aromatic N) is 3. The number of halogens is 1. The first-order chi connectivity index (χ1) is 14.8. The van der Waals surface area contributed by atoms with Crippen LogP contribution in [-0.4, -0.2) is 44.4 Å². The van der Waals surface area contributed by atoms with Crippen molar-refractivity contribution in [1.82, 2.24) is 5.32 Å². The smallest absolute Gasteiger partial charge is 0.222 e. The van der Waals surface area contributed by atoms with Gasteiger partial charge in [-0.05, 0) is 47.5 Å². The van der Waals surface area contributed by atoms with Crippen molar-refractivity contribution >= 4 is 40.7 Å². The van der Waals surface area contributed by atoms with Crippen molar-refractivity contribution in [2.45, 2.75) is 6.04 Å². The SMILES string of the molecule is Clc1cccc(C2=CC=CC3C=NC(Nc4ccc(N5CCNCC5)cc4)=NC23)c1. The summed E-state index contributed by atoms with van der Waals surface area (Å²) in [5.74, 6) is 0.791. The maximum absolute atomic E-state index is 6.22. The van der Waals surface area contributed by atoms with Gasteiger partial charge in [-0.2, -0.15) is 0 Å². The van der Waals surface area contributed by atoms with Gasteiger partial charge in [0, 0.05) is 54.7 Å². The molecule has 1 aliphatic carbocycles. The number of guanidine groups is 1. The standard InChI is InChI=1S/C24H24ClN5/c25-19-5-1-3-17(15-19)22-6-2-4-18-16-27-24(29-23(18)22)28-20-7-9-21(10-8-20)30-13-11-26-12-14-30/h1-10,15-16,18,23,26H,11-14H2,(H,28,29). The van der Waals surface area contributed by atoms with Gasteiger partial charge in [0.1, 0.15) is 0 Å². The molecule has 30 heavy (non-hydrogen) atoms. The van der Waals surface area contributed by atoms with Crippen molar-refractivity contribution < 1.29 is 0 Å². The lowest BCUT2D eigenvalue weighted by Gasteiger charge is -2.29. The molecule has 0 spiro atoms. The fourth-order valence-electron chi connectivity index (χ4n) is 4.11. The Morgan fingerprint density at radius 1 is 1.07 bits per heavy atom. The summed E-state index contributed by atoms with van der Waals surface area (Å²) in [6.07, 6.45) is 8.31. The molecular formula is C24H24ClN5. The second kappa shape index (κ2) is 8.46. The first kappa shape index (κ1) is 19.1. The summed E-state index contributed by atoms with van der Waals surface area (Å²) in [7, 11) is 0. The van der Waals surface area contributed by atoms with Crippen molar-refractivity contribution in [3.05, 3.63) is 77.3 Å². The fraction of sp³-hybridized carbons (Fsp3) is 0.250. The molecule has 3 aliphatic rings. The first-order valence-corrected chi connectivity index (χ1v) is 10.7. The number of anilines is 2. The highest BCUT2D eigenvalue weighted by molar-refractivity contribution is 6.30. The molecule has 152 valence electrons. The van der Waals surface area contributed by atoms with Crippen molar-refractivity contribution in [3.63, 3.8) is 0 Å². The molecule has 2 unspecified atom stereocenters. The Hall–Kier alpha value is -2.89. The van der Waals surface area contributed by atoms with Gasteiger partial charge in [0.05, 0.1) is 6.04 Å². The van der Waals surface area contributed by atoms with Gasteiger partial charge in [-0.3, -0.25) is 0 Å². The van der Waals surface area contributed by atoms with Crippen LogP contribution in [-0.2, 0) is 0 Å². The lowest BCUT2D eigenvalue weighted by atomic mass is 9.85. The van der Waals surface area contributed by atoms with Crippen LogP contribution < -0.4 is 15.5 Å². The van der Waals surface area contributed by atoms with E-state index in [2.05, 4.69) is 69.1 Å². The van der Waals surface area contributed by atoms with E-state index >= 15 is 0 Å². The highest BCUT2D eigenvalue weighted by atomic mass is 35.5. The van der Waals surface area contributed by atoms with E-state index in [1.807, 2.05) is 24.4 Å². The Morgan fingerprint density at radius 3 is 2.70 bits per heavy atom. The lowest BCUT2D eigenvalue weighted by molar-refractivity contribution is 0.589. The van der Waals surface area contributed by atoms with Gasteiger partial charge in [-0.25, -0.2) is 9.98 Å². The molecule has 0 saturated carbocycles. The number of allylic oxidation sites excluding steroid dienone is 2. The summed E-state index contributed by atoms with van der Waals surface area (Å²) in [5, 5.41) is 7.49. The van der Waals surface area contributed by atoms with E-state index in [1.165, 1.54) is 5.69 Å².